The molecule has 0 fully saturated rings. The first-order valence-electron chi connectivity index (χ1n) is 7.71. The maximum atomic E-state index is 10.3. The number of aromatic hydroxyl groups is 1. The molecular weight excluding hydrogens is 248 g/mol. The largest absolute Gasteiger partial charge is 0.507 e. The van der Waals surface area contributed by atoms with Crippen LogP contribution in [-0.2, 0) is 19.3 Å². The van der Waals surface area contributed by atoms with Crippen LogP contribution in [0.25, 0.3) is 0 Å². The molecule has 1 nitrogen and oxygen atoms in total. The third-order valence-corrected chi connectivity index (χ3v) is 5.28. The first-order chi connectivity index (χ1) is 8.87. The van der Waals surface area contributed by atoms with Crippen molar-refractivity contribution in [2.45, 2.75) is 71.6 Å². The fourth-order valence-corrected chi connectivity index (χ4v) is 3.45. The van der Waals surface area contributed by atoms with Crippen LogP contribution in [0.2, 0.25) is 25.7 Å². The molecule has 1 N–H and O–H groups in total. The van der Waals surface area contributed by atoms with Gasteiger partial charge in [0.25, 0.3) is 0 Å². The van der Waals surface area contributed by atoms with Crippen LogP contribution >= 0.6 is 0 Å². The molecule has 2 heteroatoms. The fraction of sp³-hybridized carbons (Fsp3) is 0.647. The molecule has 0 saturated carbocycles. The highest BCUT2D eigenvalue weighted by atomic mass is 28.3. The lowest BCUT2D eigenvalue weighted by atomic mass is 9.97. The molecule has 0 spiro atoms. The molecule has 0 heterocycles. The van der Waals surface area contributed by atoms with Gasteiger partial charge in [-0.25, -0.2) is 0 Å². The van der Waals surface area contributed by atoms with Gasteiger partial charge in [-0.3, -0.25) is 0 Å². The summed E-state index contributed by atoms with van der Waals surface area (Å²) in [6, 6.07) is 5.80. The van der Waals surface area contributed by atoms with E-state index < -0.39 is 8.07 Å². The second-order valence-electron chi connectivity index (χ2n) is 6.82. The molecule has 1 aromatic rings. The SMILES string of the molecule is CCCc1cc(CC[Si](C)(C)C)cc(CCC)c1O. The number of aryl methyl sites for hydroxylation is 3. The van der Waals surface area contributed by atoms with Gasteiger partial charge in [-0.1, -0.05) is 64.5 Å². The van der Waals surface area contributed by atoms with E-state index in [9.17, 15) is 5.11 Å². The van der Waals surface area contributed by atoms with Crippen LogP contribution in [0.3, 0.4) is 0 Å². The molecular formula is C17H30OSi. The van der Waals surface area contributed by atoms with Crippen LogP contribution in [0.15, 0.2) is 12.1 Å². The van der Waals surface area contributed by atoms with Gasteiger partial charge in [0, 0.05) is 8.07 Å². The van der Waals surface area contributed by atoms with Crippen LogP contribution < -0.4 is 0 Å². The van der Waals surface area contributed by atoms with Gasteiger partial charge in [0.1, 0.15) is 5.75 Å². The summed E-state index contributed by atoms with van der Waals surface area (Å²) >= 11 is 0. The minimum Gasteiger partial charge on any atom is -0.507 e. The third kappa shape index (κ3) is 5.39. The van der Waals surface area contributed by atoms with Crippen molar-refractivity contribution >= 4 is 8.07 Å². The average molecular weight is 279 g/mol. The van der Waals surface area contributed by atoms with Gasteiger partial charge in [-0.15, -0.1) is 0 Å². The van der Waals surface area contributed by atoms with E-state index >= 15 is 0 Å². The Morgan fingerprint density at radius 1 is 0.895 bits per heavy atom. The number of hydrogen-bond acceptors (Lipinski definition) is 1. The number of benzene rings is 1. The molecule has 0 aliphatic heterocycles. The summed E-state index contributed by atoms with van der Waals surface area (Å²) in [6.45, 7) is 11.6. The summed E-state index contributed by atoms with van der Waals surface area (Å²) in [7, 11) is -0.988. The van der Waals surface area contributed by atoms with E-state index in [0.717, 1.165) is 36.8 Å². The summed E-state index contributed by atoms with van der Waals surface area (Å²) in [5.41, 5.74) is 3.73. The average Bonchev–Trinajstić information content (AvgIpc) is 2.31. The van der Waals surface area contributed by atoms with Crippen molar-refractivity contribution < 1.29 is 5.11 Å². The molecule has 0 aromatic heterocycles. The highest BCUT2D eigenvalue weighted by Gasteiger charge is 2.14. The van der Waals surface area contributed by atoms with Gasteiger partial charge in [-0.05, 0) is 36.0 Å². The van der Waals surface area contributed by atoms with Crippen LogP contribution in [0.5, 0.6) is 5.75 Å². The molecule has 0 unspecified atom stereocenters. The topological polar surface area (TPSA) is 20.2 Å². The van der Waals surface area contributed by atoms with E-state index in [4.69, 9.17) is 0 Å². The van der Waals surface area contributed by atoms with Crippen molar-refractivity contribution in [1.29, 1.82) is 0 Å². The van der Waals surface area contributed by atoms with Gasteiger partial charge in [0.15, 0.2) is 0 Å². The quantitative estimate of drug-likeness (QED) is 0.682. The zero-order valence-electron chi connectivity index (χ0n) is 13.3. The van der Waals surface area contributed by atoms with Crippen molar-refractivity contribution in [2.24, 2.45) is 0 Å². The fourth-order valence-electron chi connectivity index (χ4n) is 2.42. The van der Waals surface area contributed by atoms with E-state index in [1.165, 1.54) is 18.0 Å². The van der Waals surface area contributed by atoms with Gasteiger partial charge in [0.05, 0.1) is 0 Å². The summed E-state index contributed by atoms with van der Waals surface area (Å²) in [5, 5.41) is 10.3. The molecule has 0 aliphatic carbocycles. The Balaban J connectivity index is 2.97. The van der Waals surface area contributed by atoms with Crippen molar-refractivity contribution in [1.82, 2.24) is 0 Å². The van der Waals surface area contributed by atoms with Crippen molar-refractivity contribution in [2.75, 3.05) is 0 Å². The second-order valence-corrected chi connectivity index (χ2v) is 12.4. The molecule has 0 radical (unpaired) electrons. The molecule has 1 rings (SSSR count). The van der Waals surface area contributed by atoms with Crippen LogP contribution in [0.1, 0.15) is 43.4 Å². The summed E-state index contributed by atoms with van der Waals surface area (Å²) in [6.07, 6.45) is 5.34. The Morgan fingerprint density at radius 3 is 1.74 bits per heavy atom. The van der Waals surface area contributed by atoms with Gasteiger partial charge < -0.3 is 5.11 Å². The van der Waals surface area contributed by atoms with Crippen LogP contribution in [0, 0.1) is 0 Å². The summed E-state index contributed by atoms with van der Waals surface area (Å²) < 4.78 is 0. The number of rotatable bonds is 7. The summed E-state index contributed by atoms with van der Waals surface area (Å²) in [4.78, 5) is 0. The van der Waals surface area contributed by atoms with Crippen LogP contribution in [0.4, 0.5) is 0 Å². The van der Waals surface area contributed by atoms with E-state index in [2.05, 4.69) is 45.6 Å². The second kappa shape index (κ2) is 7.13. The zero-order chi connectivity index (χ0) is 14.5. The lowest BCUT2D eigenvalue weighted by molar-refractivity contribution is 0.459. The molecule has 0 saturated heterocycles. The normalized spacial score (nSPS) is 11.8. The zero-order valence-corrected chi connectivity index (χ0v) is 14.3. The van der Waals surface area contributed by atoms with E-state index in [-0.39, 0.29) is 0 Å². The van der Waals surface area contributed by atoms with Crippen LogP contribution in [-0.4, -0.2) is 13.2 Å². The number of phenolic OH excluding ortho intramolecular Hbond substituents is 1. The van der Waals surface area contributed by atoms with Crippen molar-refractivity contribution in [3.63, 3.8) is 0 Å². The number of hydrogen-bond donors (Lipinski definition) is 1. The van der Waals surface area contributed by atoms with Gasteiger partial charge in [0.2, 0.25) is 0 Å². The minimum absolute atomic E-state index is 0.556. The standard InChI is InChI=1S/C17H30OSi/c1-6-8-15-12-14(10-11-19(3,4)5)13-16(9-7-2)17(15)18/h12-13,18H,6-11H2,1-5H3. The first kappa shape index (κ1) is 16.3. The maximum absolute atomic E-state index is 10.3. The lowest BCUT2D eigenvalue weighted by Crippen LogP contribution is -2.20. The van der Waals surface area contributed by atoms with E-state index in [0.29, 0.717) is 5.75 Å². The Morgan fingerprint density at radius 2 is 1.37 bits per heavy atom. The monoisotopic (exact) mass is 278 g/mol. The molecule has 19 heavy (non-hydrogen) atoms. The van der Waals surface area contributed by atoms with Crippen molar-refractivity contribution in [3.05, 3.63) is 28.8 Å². The first-order valence-corrected chi connectivity index (χ1v) is 11.4. The minimum atomic E-state index is -0.988. The predicted molar refractivity (Wildman–Crippen MR) is 88.0 cm³/mol. The predicted octanol–water partition coefficient (Wildman–Crippen LogP) is 5.18. The number of phenols is 1. The molecule has 0 aliphatic rings. The third-order valence-electron chi connectivity index (χ3n) is 3.53. The van der Waals surface area contributed by atoms with Gasteiger partial charge >= 0.3 is 0 Å². The molecule has 0 bridgehead atoms. The highest BCUT2D eigenvalue weighted by Crippen LogP contribution is 2.28. The van der Waals surface area contributed by atoms with Gasteiger partial charge in [-0.2, -0.15) is 0 Å². The van der Waals surface area contributed by atoms with Crippen molar-refractivity contribution in [3.8, 4) is 5.75 Å². The molecule has 1 aromatic carbocycles. The Bertz CT molecular complexity index is 377. The maximum Gasteiger partial charge on any atom is 0.121 e. The van der Waals surface area contributed by atoms with E-state index in [1.807, 2.05) is 0 Å². The Labute approximate surface area is 120 Å². The smallest absolute Gasteiger partial charge is 0.121 e. The molecule has 0 atom stereocenters. The highest BCUT2D eigenvalue weighted by molar-refractivity contribution is 6.76. The van der Waals surface area contributed by atoms with E-state index in [1.54, 1.807) is 0 Å². The molecule has 108 valence electrons. The molecule has 0 amide bonds. The Hall–Kier alpha value is -0.763. The lowest BCUT2D eigenvalue weighted by Gasteiger charge is -2.17. The Kier molecular flexibility index (Phi) is 6.12. The summed E-state index contributed by atoms with van der Waals surface area (Å²) in [5.74, 6) is 0.556.